The van der Waals surface area contributed by atoms with E-state index in [1.807, 2.05) is 0 Å². The first-order chi connectivity index (χ1) is 9.49. The maximum atomic E-state index is 12.0. The largest absolute Gasteiger partial charge is 0.389 e. The molecule has 7 heteroatoms. The molecule has 1 aromatic carbocycles. The van der Waals surface area contributed by atoms with Gasteiger partial charge in [-0.25, -0.2) is 13.1 Å². The summed E-state index contributed by atoms with van der Waals surface area (Å²) >= 11 is 4.82. The fourth-order valence-corrected chi connectivity index (χ4v) is 2.81. The van der Waals surface area contributed by atoms with Gasteiger partial charge in [-0.1, -0.05) is 24.4 Å². The third-order valence-corrected chi connectivity index (χ3v) is 4.75. The lowest BCUT2D eigenvalue weighted by atomic mass is 10.2. The molecule has 0 bridgehead atoms. The lowest BCUT2D eigenvalue weighted by Gasteiger charge is -2.08. The Bertz CT molecular complexity index is 566. The minimum atomic E-state index is -3.50. The molecule has 1 fully saturated rings. The Morgan fingerprint density at radius 1 is 1.35 bits per heavy atom. The van der Waals surface area contributed by atoms with Crippen molar-refractivity contribution in [3.8, 4) is 0 Å². The van der Waals surface area contributed by atoms with Crippen molar-refractivity contribution >= 4 is 27.2 Å². The normalized spacial score (nSPS) is 15.2. The Labute approximate surface area is 124 Å². The van der Waals surface area contributed by atoms with E-state index in [1.165, 1.54) is 25.0 Å². The summed E-state index contributed by atoms with van der Waals surface area (Å²) in [5.74, 6) is 0.680. The van der Waals surface area contributed by atoms with Crippen molar-refractivity contribution < 1.29 is 13.2 Å². The summed E-state index contributed by atoms with van der Waals surface area (Å²) in [6.45, 7) is 1.39. The maximum Gasteiger partial charge on any atom is 0.240 e. The molecular weight excluding hydrogens is 296 g/mol. The van der Waals surface area contributed by atoms with Gasteiger partial charge in [0.05, 0.1) is 11.5 Å². The van der Waals surface area contributed by atoms with Crippen LogP contribution < -0.4 is 10.5 Å². The molecular formula is C13H18N2O3S2. The summed E-state index contributed by atoms with van der Waals surface area (Å²) in [6.07, 6.45) is 2.45. The van der Waals surface area contributed by atoms with Gasteiger partial charge in [0.1, 0.15) is 4.99 Å². The van der Waals surface area contributed by atoms with Crippen LogP contribution >= 0.6 is 12.2 Å². The molecule has 0 heterocycles. The van der Waals surface area contributed by atoms with Crippen LogP contribution in [0.1, 0.15) is 18.4 Å². The maximum absolute atomic E-state index is 12.0. The number of nitrogens with one attached hydrogen (secondary N) is 1. The number of ether oxygens (including phenoxy) is 1. The molecule has 0 atom stereocenters. The van der Waals surface area contributed by atoms with Crippen molar-refractivity contribution in [3.63, 3.8) is 0 Å². The lowest BCUT2D eigenvalue weighted by molar-refractivity contribution is 0.129. The number of hydrogen-bond acceptors (Lipinski definition) is 4. The summed E-state index contributed by atoms with van der Waals surface area (Å²) in [5.41, 5.74) is 6.11. The van der Waals surface area contributed by atoms with E-state index < -0.39 is 10.0 Å². The average Bonchev–Trinajstić information content (AvgIpc) is 3.22. The second-order valence-corrected chi connectivity index (χ2v) is 7.01. The molecule has 1 aromatic rings. The molecule has 0 unspecified atom stereocenters. The van der Waals surface area contributed by atoms with Gasteiger partial charge in [0.2, 0.25) is 10.0 Å². The van der Waals surface area contributed by atoms with E-state index in [0.29, 0.717) is 18.1 Å². The highest BCUT2D eigenvalue weighted by atomic mass is 32.2. The molecule has 0 amide bonds. The van der Waals surface area contributed by atoms with Crippen LogP contribution in [0.3, 0.4) is 0 Å². The minimum Gasteiger partial charge on any atom is -0.389 e. The van der Waals surface area contributed by atoms with Crippen LogP contribution in [0.15, 0.2) is 29.2 Å². The molecule has 0 saturated heterocycles. The van der Waals surface area contributed by atoms with E-state index in [-0.39, 0.29) is 16.4 Å². The first kappa shape index (κ1) is 15.4. The molecule has 20 heavy (non-hydrogen) atoms. The number of sulfonamides is 1. The summed E-state index contributed by atoms with van der Waals surface area (Å²) in [7, 11) is -3.50. The predicted octanol–water partition coefficient (Wildman–Crippen LogP) is 1.03. The van der Waals surface area contributed by atoms with Crippen LogP contribution in [-0.2, 0) is 14.8 Å². The average molecular weight is 314 g/mol. The van der Waals surface area contributed by atoms with Crippen molar-refractivity contribution in [2.75, 3.05) is 19.8 Å². The highest BCUT2D eigenvalue weighted by Gasteiger charge is 2.21. The molecule has 1 aliphatic carbocycles. The lowest BCUT2D eigenvalue weighted by Crippen LogP contribution is -2.27. The zero-order chi connectivity index (χ0) is 14.6. The van der Waals surface area contributed by atoms with E-state index in [2.05, 4.69) is 4.72 Å². The van der Waals surface area contributed by atoms with Crippen molar-refractivity contribution in [2.45, 2.75) is 17.7 Å². The van der Waals surface area contributed by atoms with E-state index in [9.17, 15) is 8.42 Å². The van der Waals surface area contributed by atoms with Crippen LogP contribution in [0.25, 0.3) is 0 Å². The molecule has 5 nitrogen and oxygen atoms in total. The second kappa shape index (κ2) is 6.62. The van der Waals surface area contributed by atoms with E-state index >= 15 is 0 Å². The third kappa shape index (κ3) is 4.52. The highest BCUT2D eigenvalue weighted by Crippen LogP contribution is 2.28. The van der Waals surface area contributed by atoms with Gasteiger partial charge in [0.25, 0.3) is 0 Å². The van der Waals surface area contributed by atoms with Crippen LogP contribution in [-0.4, -0.2) is 33.2 Å². The molecule has 3 N–H and O–H groups in total. The Morgan fingerprint density at radius 2 is 2.00 bits per heavy atom. The molecule has 0 radical (unpaired) electrons. The molecule has 1 aliphatic rings. The van der Waals surface area contributed by atoms with Crippen molar-refractivity contribution in [3.05, 3.63) is 29.8 Å². The van der Waals surface area contributed by atoms with E-state index in [0.717, 1.165) is 6.61 Å². The van der Waals surface area contributed by atoms with Crippen molar-refractivity contribution in [2.24, 2.45) is 11.7 Å². The van der Waals surface area contributed by atoms with Gasteiger partial charge < -0.3 is 10.5 Å². The van der Waals surface area contributed by atoms with Gasteiger partial charge in [0, 0.05) is 18.7 Å². The number of thiocarbonyl (C=S) groups is 1. The summed E-state index contributed by atoms with van der Waals surface area (Å²) in [6, 6.07) is 6.17. The highest BCUT2D eigenvalue weighted by molar-refractivity contribution is 7.89. The van der Waals surface area contributed by atoms with Gasteiger partial charge in [-0.15, -0.1) is 0 Å². The zero-order valence-corrected chi connectivity index (χ0v) is 12.7. The van der Waals surface area contributed by atoms with Crippen molar-refractivity contribution in [1.82, 2.24) is 4.72 Å². The van der Waals surface area contributed by atoms with Gasteiger partial charge in [-0.2, -0.15) is 0 Å². The molecule has 0 aliphatic heterocycles. The summed E-state index contributed by atoms with van der Waals surface area (Å²) in [4.78, 5) is 0.440. The monoisotopic (exact) mass is 314 g/mol. The first-order valence-electron chi connectivity index (χ1n) is 6.46. The van der Waals surface area contributed by atoms with Gasteiger partial charge >= 0.3 is 0 Å². The standard InChI is InChI=1S/C13H18N2O3S2/c14-13(19)11-3-5-12(6-4-11)20(16,17)15-7-8-18-9-10-1-2-10/h3-6,10,15H,1-2,7-9H2,(H2,14,19). The second-order valence-electron chi connectivity index (χ2n) is 4.80. The van der Waals surface area contributed by atoms with Gasteiger partial charge in [-0.05, 0) is 30.9 Å². The molecule has 1 saturated carbocycles. The third-order valence-electron chi connectivity index (χ3n) is 3.04. The molecule has 0 spiro atoms. The van der Waals surface area contributed by atoms with Gasteiger partial charge in [-0.3, -0.25) is 0 Å². The SMILES string of the molecule is NC(=S)c1ccc(S(=O)(=O)NCCOCC2CC2)cc1. The topological polar surface area (TPSA) is 81.4 Å². The number of nitrogens with two attached hydrogens (primary N) is 1. The van der Waals surface area contributed by atoms with Crippen LogP contribution in [0, 0.1) is 5.92 Å². The Morgan fingerprint density at radius 3 is 2.55 bits per heavy atom. The van der Waals surface area contributed by atoms with Crippen LogP contribution in [0.2, 0.25) is 0 Å². The predicted molar refractivity (Wildman–Crippen MR) is 81.1 cm³/mol. The van der Waals surface area contributed by atoms with Crippen LogP contribution in [0.4, 0.5) is 0 Å². The van der Waals surface area contributed by atoms with E-state index in [4.69, 9.17) is 22.7 Å². The number of benzene rings is 1. The summed E-state index contributed by atoms with van der Waals surface area (Å²) < 4.78 is 31.9. The summed E-state index contributed by atoms with van der Waals surface area (Å²) in [5, 5.41) is 0. The quantitative estimate of drug-likeness (QED) is 0.553. The Balaban J connectivity index is 1.83. The molecule has 2 rings (SSSR count). The van der Waals surface area contributed by atoms with Crippen LogP contribution in [0.5, 0.6) is 0 Å². The molecule has 0 aromatic heterocycles. The zero-order valence-electron chi connectivity index (χ0n) is 11.0. The Hall–Kier alpha value is -1.02. The smallest absolute Gasteiger partial charge is 0.240 e. The first-order valence-corrected chi connectivity index (χ1v) is 8.35. The minimum absolute atomic E-state index is 0.194. The fraction of sp³-hybridized carbons (Fsp3) is 0.462. The fourth-order valence-electron chi connectivity index (χ4n) is 1.66. The van der Waals surface area contributed by atoms with Crippen molar-refractivity contribution in [1.29, 1.82) is 0 Å². The van der Waals surface area contributed by atoms with Gasteiger partial charge in [0.15, 0.2) is 0 Å². The van der Waals surface area contributed by atoms with E-state index in [1.54, 1.807) is 12.1 Å². The Kier molecular flexibility index (Phi) is 5.09. The number of rotatable bonds is 8. The molecule has 110 valence electrons. The number of hydrogen-bond donors (Lipinski definition) is 2.